The van der Waals surface area contributed by atoms with E-state index in [2.05, 4.69) is 5.32 Å². The minimum atomic E-state index is -0.266. The molecule has 6 heteroatoms. The summed E-state index contributed by atoms with van der Waals surface area (Å²) in [6, 6.07) is 21.9. The third-order valence-corrected chi connectivity index (χ3v) is 5.05. The Morgan fingerprint density at radius 2 is 1.57 bits per heavy atom. The molecule has 1 N–H and O–H groups in total. The van der Waals surface area contributed by atoms with E-state index >= 15 is 0 Å². The molecular weight excluding hydrogens is 400 g/mol. The smallest absolute Gasteiger partial charge is 0.256 e. The van der Waals surface area contributed by atoms with E-state index in [1.165, 1.54) is 0 Å². The number of nitrogens with one attached hydrogen (secondary N) is 1. The first-order valence-corrected chi connectivity index (χ1v) is 9.66. The Labute approximate surface area is 179 Å². The maximum absolute atomic E-state index is 13.2. The first-order valence-electron chi connectivity index (χ1n) is 9.28. The zero-order chi connectivity index (χ0) is 21.1. The minimum Gasteiger partial charge on any atom is -0.497 e. The highest BCUT2D eigenvalue weighted by Crippen LogP contribution is 2.31. The Morgan fingerprint density at radius 3 is 2.27 bits per heavy atom. The molecule has 0 fully saturated rings. The first-order chi connectivity index (χ1) is 14.6. The van der Waals surface area contributed by atoms with Gasteiger partial charge in [-0.15, -0.1) is 0 Å². The number of methoxy groups -OCH3 is 2. The molecular formula is C24H19ClN2O3. The largest absolute Gasteiger partial charge is 0.497 e. The summed E-state index contributed by atoms with van der Waals surface area (Å²) in [5.74, 6) is 0.902. The van der Waals surface area contributed by atoms with Crippen molar-refractivity contribution in [3.05, 3.63) is 83.4 Å². The van der Waals surface area contributed by atoms with Crippen molar-refractivity contribution in [3.63, 3.8) is 0 Å². The Morgan fingerprint density at radius 1 is 0.900 bits per heavy atom. The fourth-order valence-electron chi connectivity index (χ4n) is 3.25. The van der Waals surface area contributed by atoms with Gasteiger partial charge < -0.3 is 14.8 Å². The van der Waals surface area contributed by atoms with E-state index in [-0.39, 0.29) is 5.91 Å². The lowest BCUT2D eigenvalue weighted by Crippen LogP contribution is -2.13. The molecule has 0 bridgehead atoms. The molecule has 150 valence electrons. The van der Waals surface area contributed by atoms with E-state index in [0.29, 0.717) is 39.0 Å². The van der Waals surface area contributed by atoms with Crippen molar-refractivity contribution in [2.45, 2.75) is 0 Å². The molecule has 1 amide bonds. The Kier molecular flexibility index (Phi) is 5.55. The Balaban J connectivity index is 1.80. The molecule has 0 aliphatic heterocycles. The second kappa shape index (κ2) is 8.43. The molecule has 0 saturated heterocycles. The molecule has 30 heavy (non-hydrogen) atoms. The van der Waals surface area contributed by atoms with Crippen molar-refractivity contribution < 1.29 is 14.3 Å². The van der Waals surface area contributed by atoms with Gasteiger partial charge in [-0.3, -0.25) is 4.79 Å². The standard InChI is InChI=1S/C24H19ClN2O3/c1-29-16-11-15(12-17(13-16)30-2)26-24(28)20-14-23(19-8-3-5-9-21(19)25)27-22-10-6-4-7-18(20)22/h3-14H,1-2H3,(H,26,28). The topological polar surface area (TPSA) is 60.5 Å². The molecule has 0 saturated carbocycles. The average Bonchev–Trinajstić information content (AvgIpc) is 2.78. The van der Waals surface area contributed by atoms with Crippen LogP contribution in [0.15, 0.2) is 72.8 Å². The van der Waals surface area contributed by atoms with Crippen molar-refractivity contribution in [3.8, 4) is 22.8 Å². The van der Waals surface area contributed by atoms with E-state index in [0.717, 1.165) is 10.9 Å². The molecule has 1 heterocycles. The summed E-state index contributed by atoms with van der Waals surface area (Å²) in [7, 11) is 3.12. The molecule has 0 aliphatic carbocycles. The van der Waals surface area contributed by atoms with E-state index in [1.54, 1.807) is 44.6 Å². The number of halogens is 1. The SMILES string of the molecule is COc1cc(NC(=O)c2cc(-c3ccccc3Cl)nc3ccccc23)cc(OC)c1. The van der Waals surface area contributed by atoms with Crippen LogP contribution in [0.1, 0.15) is 10.4 Å². The van der Waals surface area contributed by atoms with Crippen molar-refractivity contribution in [1.82, 2.24) is 4.98 Å². The lowest BCUT2D eigenvalue weighted by Gasteiger charge is -2.13. The van der Waals surface area contributed by atoms with Gasteiger partial charge >= 0.3 is 0 Å². The van der Waals surface area contributed by atoms with Crippen LogP contribution in [0.3, 0.4) is 0 Å². The number of aromatic nitrogens is 1. The lowest BCUT2D eigenvalue weighted by atomic mass is 10.0. The molecule has 4 aromatic rings. The van der Waals surface area contributed by atoms with Crippen LogP contribution in [0.25, 0.3) is 22.2 Å². The highest BCUT2D eigenvalue weighted by molar-refractivity contribution is 6.33. The van der Waals surface area contributed by atoms with Gasteiger partial charge in [-0.05, 0) is 18.2 Å². The minimum absolute atomic E-state index is 0.266. The van der Waals surface area contributed by atoms with E-state index in [4.69, 9.17) is 26.1 Å². The number of benzene rings is 3. The van der Waals surface area contributed by atoms with Gasteiger partial charge in [0.15, 0.2) is 0 Å². The molecule has 0 atom stereocenters. The van der Waals surface area contributed by atoms with Crippen LogP contribution >= 0.6 is 11.6 Å². The van der Waals surface area contributed by atoms with Crippen LogP contribution in [-0.2, 0) is 0 Å². The summed E-state index contributed by atoms with van der Waals surface area (Å²) >= 11 is 6.37. The number of anilines is 1. The normalized spacial score (nSPS) is 10.6. The van der Waals surface area contributed by atoms with Gasteiger partial charge in [0, 0.05) is 39.9 Å². The van der Waals surface area contributed by atoms with Crippen LogP contribution in [0.2, 0.25) is 5.02 Å². The zero-order valence-corrected chi connectivity index (χ0v) is 17.2. The molecule has 0 unspecified atom stereocenters. The lowest BCUT2D eigenvalue weighted by molar-refractivity contribution is 0.102. The van der Waals surface area contributed by atoms with Crippen LogP contribution in [0, 0.1) is 0 Å². The predicted octanol–water partition coefficient (Wildman–Crippen LogP) is 5.82. The number of carbonyl (C=O) groups excluding carboxylic acids is 1. The second-order valence-electron chi connectivity index (χ2n) is 6.61. The van der Waals surface area contributed by atoms with Gasteiger partial charge in [0.1, 0.15) is 11.5 Å². The van der Waals surface area contributed by atoms with E-state index < -0.39 is 0 Å². The molecule has 0 spiro atoms. The van der Waals surface area contributed by atoms with Gasteiger partial charge in [0.05, 0.1) is 31.0 Å². The molecule has 0 aliphatic rings. The quantitative estimate of drug-likeness (QED) is 0.443. The van der Waals surface area contributed by atoms with Crippen LogP contribution in [-0.4, -0.2) is 25.1 Å². The number of ether oxygens (including phenoxy) is 2. The van der Waals surface area contributed by atoms with E-state index in [1.807, 2.05) is 42.5 Å². The fraction of sp³-hybridized carbons (Fsp3) is 0.0833. The van der Waals surface area contributed by atoms with Crippen molar-refractivity contribution >= 4 is 34.1 Å². The van der Waals surface area contributed by atoms with Gasteiger partial charge in [-0.25, -0.2) is 4.98 Å². The third kappa shape index (κ3) is 3.93. The molecule has 5 nitrogen and oxygen atoms in total. The summed E-state index contributed by atoms with van der Waals surface area (Å²) in [6.07, 6.45) is 0. The molecule has 4 rings (SSSR count). The van der Waals surface area contributed by atoms with Gasteiger partial charge in [-0.1, -0.05) is 48.0 Å². The van der Waals surface area contributed by atoms with Crippen molar-refractivity contribution in [1.29, 1.82) is 0 Å². The summed E-state index contributed by atoms with van der Waals surface area (Å²) in [5.41, 5.74) is 3.17. The maximum Gasteiger partial charge on any atom is 0.256 e. The highest BCUT2D eigenvalue weighted by Gasteiger charge is 2.16. The maximum atomic E-state index is 13.2. The second-order valence-corrected chi connectivity index (χ2v) is 7.01. The first kappa shape index (κ1) is 19.7. The van der Waals surface area contributed by atoms with Crippen molar-refractivity contribution in [2.75, 3.05) is 19.5 Å². The van der Waals surface area contributed by atoms with Crippen LogP contribution < -0.4 is 14.8 Å². The number of fused-ring (bicyclic) bond motifs is 1. The third-order valence-electron chi connectivity index (χ3n) is 4.72. The van der Waals surface area contributed by atoms with Crippen LogP contribution in [0.4, 0.5) is 5.69 Å². The number of hydrogen-bond acceptors (Lipinski definition) is 4. The van der Waals surface area contributed by atoms with Gasteiger partial charge in [-0.2, -0.15) is 0 Å². The predicted molar refractivity (Wildman–Crippen MR) is 120 cm³/mol. The Hall–Kier alpha value is -3.57. The number of nitrogens with zero attached hydrogens (tertiary/aromatic N) is 1. The molecule has 1 aromatic heterocycles. The Bertz CT molecular complexity index is 1220. The van der Waals surface area contributed by atoms with E-state index in [9.17, 15) is 4.79 Å². The zero-order valence-electron chi connectivity index (χ0n) is 16.5. The highest BCUT2D eigenvalue weighted by atomic mass is 35.5. The molecule has 0 radical (unpaired) electrons. The number of carbonyl (C=O) groups is 1. The summed E-state index contributed by atoms with van der Waals surface area (Å²) in [4.78, 5) is 17.9. The van der Waals surface area contributed by atoms with Gasteiger partial charge in [0.2, 0.25) is 0 Å². The van der Waals surface area contributed by atoms with Crippen molar-refractivity contribution in [2.24, 2.45) is 0 Å². The monoisotopic (exact) mass is 418 g/mol. The van der Waals surface area contributed by atoms with Crippen LogP contribution in [0.5, 0.6) is 11.5 Å². The van der Waals surface area contributed by atoms with Gasteiger partial charge in [0.25, 0.3) is 5.91 Å². The summed E-state index contributed by atoms with van der Waals surface area (Å²) in [5, 5.41) is 4.26. The molecule has 3 aromatic carbocycles. The number of rotatable bonds is 5. The summed E-state index contributed by atoms with van der Waals surface area (Å²) < 4.78 is 10.6. The number of amides is 1. The fourth-order valence-corrected chi connectivity index (χ4v) is 3.48. The average molecular weight is 419 g/mol. The summed E-state index contributed by atoms with van der Waals surface area (Å²) in [6.45, 7) is 0. The number of hydrogen-bond donors (Lipinski definition) is 1. The number of para-hydroxylation sites is 1. The number of pyridine rings is 1.